The lowest BCUT2D eigenvalue weighted by Gasteiger charge is -2.18. The minimum atomic E-state index is -2.85. The molecule has 3 nitrogen and oxygen atoms in total. The molecular formula is C19H18F3NO2. The van der Waals surface area contributed by atoms with E-state index in [0.29, 0.717) is 6.54 Å². The molecule has 0 bridgehead atoms. The summed E-state index contributed by atoms with van der Waals surface area (Å²) in [6.45, 7) is -2.46. The Morgan fingerprint density at radius 1 is 1.16 bits per heavy atom. The van der Waals surface area contributed by atoms with Gasteiger partial charge in [0.25, 0.3) is 0 Å². The number of hydrogen-bond acceptors (Lipinski definition) is 2. The van der Waals surface area contributed by atoms with Crippen molar-refractivity contribution in [3.63, 3.8) is 0 Å². The number of rotatable bonds is 6. The number of carbonyl (C=O) groups excluding carboxylic acids is 1. The fraction of sp³-hybridized carbons (Fsp3) is 0.316. The van der Waals surface area contributed by atoms with Gasteiger partial charge in [-0.2, -0.15) is 8.78 Å². The van der Waals surface area contributed by atoms with Crippen LogP contribution in [0.1, 0.15) is 23.5 Å². The number of benzene rings is 2. The Bertz CT molecular complexity index is 731. The molecule has 2 aromatic carbocycles. The van der Waals surface area contributed by atoms with E-state index >= 15 is 0 Å². The molecule has 0 radical (unpaired) electrons. The van der Waals surface area contributed by atoms with Gasteiger partial charge in [0.05, 0.1) is 0 Å². The average molecular weight is 349 g/mol. The number of nitrogens with zero attached hydrogens (tertiary/aromatic N) is 1. The molecule has 0 spiro atoms. The van der Waals surface area contributed by atoms with Crippen LogP contribution in [-0.4, -0.2) is 24.5 Å². The third-order valence-electron chi connectivity index (χ3n) is 4.35. The number of amides is 1. The Morgan fingerprint density at radius 2 is 1.80 bits per heavy atom. The van der Waals surface area contributed by atoms with Crippen molar-refractivity contribution in [3.05, 3.63) is 65.5 Å². The van der Waals surface area contributed by atoms with Crippen LogP contribution in [0.3, 0.4) is 0 Å². The second kappa shape index (κ2) is 7.17. The number of halogens is 3. The molecule has 1 aliphatic carbocycles. The summed E-state index contributed by atoms with van der Waals surface area (Å²) in [4.78, 5) is 14.1. The first kappa shape index (κ1) is 17.3. The quantitative estimate of drug-likeness (QED) is 0.783. The standard InChI is InChI=1S/C19H18F3NO2/c1-23(11-12-2-8-15(9-3-12)25-19(21)22)18(24)17-10-16(17)13-4-6-14(20)7-5-13/h2-9,16-17,19H,10-11H2,1H3. The lowest BCUT2D eigenvalue weighted by atomic mass is 10.1. The van der Waals surface area contributed by atoms with Gasteiger partial charge < -0.3 is 9.64 Å². The second-order valence-corrected chi connectivity index (χ2v) is 6.22. The highest BCUT2D eigenvalue weighted by molar-refractivity contribution is 5.82. The first-order valence-corrected chi connectivity index (χ1v) is 7.98. The second-order valence-electron chi connectivity index (χ2n) is 6.22. The molecule has 0 aromatic heterocycles. The van der Waals surface area contributed by atoms with E-state index in [4.69, 9.17) is 0 Å². The predicted octanol–water partition coefficient (Wildman–Crippen LogP) is 4.19. The number of alkyl halides is 2. The number of hydrogen-bond donors (Lipinski definition) is 0. The van der Waals surface area contributed by atoms with Gasteiger partial charge in [-0.25, -0.2) is 4.39 Å². The molecule has 2 unspecified atom stereocenters. The topological polar surface area (TPSA) is 29.5 Å². The Labute approximate surface area is 144 Å². The van der Waals surface area contributed by atoms with Crippen LogP contribution in [-0.2, 0) is 11.3 Å². The van der Waals surface area contributed by atoms with Crippen molar-refractivity contribution in [1.29, 1.82) is 0 Å². The van der Waals surface area contributed by atoms with E-state index in [2.05, 4.69) is 4.74 Å². The van der Waals surface area contributed by atoms with E-state index in [1.165, 1.54) is 24.3 Å². The summed E-state index contributed by atoms with van der Waals surface area (Å²) in [5.41, 5.74) is 1.80. The molecular weight excluding hydrogens is 331 g/mol. The minimum Gasteiger partial charge on any atom is -0.435 e. The van der Waals surface area contributed by atoms with Crippen LogP contribution in [0.2, 0.25) is 0 Å². The summed E-state index contributed by atoms with van der Waals surface area (Å²) >= 11 is 0. The summed E-state index contributed by atoms with van der Waals surface area (Å²) in [6, 6.07) is 12.5. The van der Waals surface area contributed by atoms with Gasteiger partial charge >= 0.3 is 6.61 Å². The van der Waals surface area contributed by atoms with E-state index < -0.39 is 6.61 Å². The van der Waals surface area contributed by atoms with E-state index in [9.17, 15) is 18.0 Å². The summed E-state index contributed by atoms with van der Waals surface area (Å²) in [6.07, 6.45) is 0.760. The molecule has 3 rings (SSSR count). The maximum absolute atomic E-state index is 13.0. The van der Waals surface area contributed by atoms with Crippen LogP contribution in [0, 0.1) is 11.7 Å². The van der Waals surface area contributed by atoms with Gasteiger partial charge in [-0.3, -0.25) is 4.79 Å². The van der Waals surface area contributed by atoms with Crippen LogP contribution in [0.15, 0.2) is 48.5 Å². The predicted molar refractivity (Wildman–Crippen MR) is 86.8 cm³/mol. The van der Waals surface area contributed by atoms with Gasteiger partial charge in [-0.1, -0.05) is 24.3 Å². The van der Waals surface area contributed by atoms with Crippen molar-refractivity contribution >= 4 is 5.91 Å². The molecule has 0 saturated heterocycles. The van der Waals surface area contributed by atoms with Crippen LogP contribution in [0.5, 0.6) is 5.75 Å². The normalized spacial score (nSPS) is 18.9. The lowest BCUT2D eigenvalue weighted by molar-refractivity contribution is -0.131. The van der Waals surface area contributed by atoms with Gasteiger partial charge in [0.2, 0.25) is 5.91 Å². The van der Waals surface area contributed by atoms with Crippen molar-refractivity contribution in [3.8, 4) is 5.75 Å². The third kappa shape index (κ3) is 4.32. The van der Waals surface area contributed by atoms with Gasteiger partial charge in [0.15, 0.2) is 0 Å². The molecule has 132 valence electrons. The molecule has 1 amide bonds. The van der Waals surface area contributed by atoms with Crippen molar-refractivity contribution in [2.24, 2.45) is 5.92 Å². The molecule has 0 N–H and O–H groups in total. The highest BCUT2D eigenvalue weighted by atomic mass is 19.3. The summed E-state index contributed by atoms with van der Waals surface area (Å²) in [7, 11) is 1.71. The Hall–Kier alpha value is -2.50. The Balaban J connectivity index is 1.55. The molecule has 1 aliphatic rings. The third-order valence-corrected chi connectivity index (χ3v) is 4.35. The van der Waals surface area contributed by atoms with E-state index in [0.717, 1.165) is 17.5 Å². The zero-order valence-electron chi connectivity index (χ0n) is 13.7. The molecule has 2 atom stereocenters. The monoisotopic (exact) mass is 349 g/mol. The largest absolute Gasteiger partial charge is 0.435 e. The summed E-state index contributed by atoms with van der Waals surface area (Å²) in [5, 5.41) is 0. The fourth-order valence-electron chi connectivity index (χ4n) is 2.96. The molecule has 6 heteroatoms. The van der Waals surface area contributed by atoms with Crippen molar-refractivity contribution in [2.75, 3.05) is 7.05 Å². The average Bonchev–Trinajstić information content (AvgIpc) is 3.36. The highest BCUT2D eigenvalue weighted by Gasteiger charge is 2.45. The highest BCUT2D eigenvalue weighted by Crippen LogP contribution is 2.48. The molecule has 2 aromatic rings. The van der Waals surface area contributed by atoms with Crippen molar-refractivity contribution in [1.82, 2.24) is 4.90 Å². The SMILES string of the molecule is CN(Cc1ccc(OC(F)F)cc1)C(=O)C1CC1c1ccc(F)cc1. The van der Waals surface area contributed by atoms with Gasteiger partial charge in [0, 0.05) is 19.5 Å². The lowest BCUT2D eigenvalue weighted by Crippen LogP contribution is -2.28. The van der Waals surface area contributed by atoms with E-state index in [1.807, 2.05) is 0 Å². The number of ether oxygens (including phenoxy) is 1. The first-order valence-electron chi connectivity index (χ1n) is 7.98. The molecule has 1 fully saturated rings. The molecule has 25 heavy (non-hydrogen) atoms. The van der Waals surface area contributed by atoms with Gasteiger partial charge in [-0.15, -0.1) is 0 Å². The smallest absolute Gasteiger partial charge is 0.387 e. The van der Waals surface area contributed by atoms with Crippen LogP contribution >= 0.6 is 0 Å². The Morgan fingerprint density at radius 3 is 2.40 bits per heavy atom. The zero-order valence-corrected chi connectivity index (χ0v) is 13.7. The van der Waals surface area contributed by atoms with Crippen LogP contribution < -0.4 is 4.74 Å². The van der Waals surface area contributed by atoms with Gasteiger partial charge in [-0.05, 0) is 47.7 Å². The maximum atomic E-state index is 13.0. The van der Waals surface area contributed by atoms with Gasteiger partial charge in [0.1, 0.15) is 11.6 Å². The molecule has 1 saturated carbocycles. The summed E-state index contributed by atoms with van der Waals surface area (Å²) < 4.78 is 41.5. The number of carbonyl (C=O) groups is 1. The maximum Gasteiger partial charge on any atom is 0.387 e. The molecule has 0 aliphatic heterocycles. The van der Waals surface area contributed by atoms with E-state index in [-0.39, 0.29) is 29.3 Å². The molecule has 0 heterocycles. The van der Waals surface area contributed by atoms with Crippen molar-refractivity contribution in [2.45, 2.75) is 25.5 Å². The summed E-state index contributed by atoms with van der Waals surface area (Å²) in [5.74, 6) is -0.119. The van der Waals surface area contributed by atoms with Crippen molar-refractivity contribution < 1.29 is 22.7 Å². The van der Waals surface area contributed by atoms with Crippen LogP contribution in [0.4, 0.5) is 13.2 Å². The fourth-order valence-corrected chi connectivity index (χ4v) is 2.96. The minimum absolute atomic E-state index is 0.0298. The zero-order chi connectivity index (χ0) is 18.0. The Kier molecular flexibility index (Phi) is 4.97. The first-order chi connectivity index (χ1) is 11.9. The van der Waals surface area contributed by atoms with Crippen LogP contribution in [0.25, 0.3) is 0 Å². The van der Waals surface area contributed by atoms with E-state index in [1.54, 1.807) is 36.2 Å².